The van der Waals surface area contributed by atoms with Gasteiger partial charge in [-0.2, -0.15) is 12.6 Å². The van der Waals surface area contributed by atoms with Crippen LogP contribution in [0, 0.1) is 5.92 Å². The fraction of sp³-hybridized carbons (Fsp3) is 0.433. The number of amides is 2. The summed E-state index contributed by atoms with van der Waals surface area (Å²) in [6.45, 7) is 0.465. The second kappa shape index (κ2) is 15.8. The van der Waals surface area contributed by atoms with Gasteiger partial charge in [0.2, 0.25) is 5.91 Å². The van der Waals surface area contributed by atoms with Gasteiger partial charge < -0.3 is 25.6 Å². The van der Waals surface area contributed by atoms with E-state index in [0.29, 0.717) is 25.8 Å². The van der Waals surface area contributed by atoms with Crippen molar-refractivity contribution in [3.05, 3.63) is 59.7 Å². The van der Waals surface area contributed by atoms with Crippen molar-refractivity contribution in [2.75, 3.05) is 18.9 Å². The summed E-state index contributed by atoms with van der Waals surface area (Å²) in [7, 11) is 0. The van der Waals surface area contributed by atoms with E-state index in [2.05, 4.69) is 23.3 Å². The second-order valence-electron chi connectivity index (χ2n) is 10.0. The van der Waals surface area contributed by atoms with Gasteiger partial charge in [-0.25, -0.2) is 4.79 Å². The van der Waals surface area contributed by atoms with Crippen molar-refractivity contribution >= 4 is 42.4 Å². The van der Waals surface area contributed by atoms with E-state index in [4.69, 9.17) is 9.84 Å². The summed E-state index contributed by atoms with van der Waals surface area (Å²) in [5.41, 5.74) is 4.42. The van der Waals surface area contributed by atoms with E-state index in [9.17, 15) is 29.1 Å². The molecule has 0 fully saturated rings. The molecule has 4 N–H and O–H groups in total. The number of nitrogens with one attached hydrogen (secondary N) is 2. The first-order valence-corrected chi connectivity index (χ1v) is 14.3. The van der Waals surface area contributed by atoms with Crippen LogP contribution in [0.5, 0.6) is 0 Å². The Labute approximate surface area is 244 Å². The van der Waals surface area contributed by atoms with E-state index in [1.807, 2.05) is 48.5 Å². The van der Waals surface area contributed by atoms with Crippen LogP contribution in [0.1, 0.15) is 62.0 Å². The highest BCUT2D eigenvalue weighted by Crippen LogP contribution is 2.44. The summed E-state index contributed by atoms with van der Waals surface area (Å²) >= 11 is 4.19. The Balaban J connectivity index is 1.35. The van der Waals surface area contributed by atoms with Crippen molar-refractivity contribution in [2.45, 2.75) is 56.9 Å². The van der Waals surface area contributed by atoms with E-state index in [1.54, 1.807) is 0 Å². The highest BCUT2D eigenvalue weighted by Gasteiger charge is 2.29. The molecule has 0 heterocycles. The standard InChI is InChI=1S/C30H36N2O8S/c33-20(16-19(29(37)38)13-14-27(34)35)8-2-1-7-15-31-28(36)26(18-41)32-30(39)40-17-25-23-11-5-3-9-21(23)22-10-4-6-12-24(22)25/h3-6,9-12,19,25-26,41H,1-2,7-8,13-18H2,(H,31,36)(H,32,39)(H,34,35)(H,37,38). The number of carbonyl (C=O) groups is 5. The maximum absolute atomic E-state index is 12.6. The lowest BCUT2D eigenvalue weighted by Crippen LogP contribution is -2.48. The quantitative estimate of drug-likeness (QED) is 0.138. The lowest BCUT2D eigenvalue weighted by atomic mass is 9.95. The summed E-state index contributed by atoms with van der Waals surface area (Å²) in [6.07, 6.45) is 0.648. The number of Topliss-reactive ketones (excluding diaryl/α,β-unsaturated/α-hetero) is 1. The molecule has 0 radical (unpaired) electrons. The van der Waals surface area contributed by atoms with E-state index in [1.165, 1.54) is 0 Å². The Morgan fingerprint density at radius 2 is 1.51 bits per heavy atom. The van der Waals surface area contributed by atoms with Crippen molar-refractivity contribution < 1.29 is 38.9 Å². The molecule has 3 rings (SSSR count). The highest BCUT2D eigenvalue weighted by atomic mass is 32.1. The van der Waals surface area contributed by atoms with Crippen molar-refractivity contribution in [1.82, 2.24) is 10.6 Å². The Hall–Kier alpha value is -3.86. The summed E-state index contributed by atoms with van der Waals surface area (Å²) in [5.74, 6) is -3.91. The predicted octanol–water partition coefficient (Wildman–Crippen LogP) is 4.02. The average molecular weight is 585 g/mol. The number of ketones is 1. The van der Waals surface area contributed by atoms with Crippen LogP contribution in [0.3, 0.4) is 0 Å². The monoisotopic (exact) mass is 584 g/mol. The SMILES string of the molecule is O=C(O)CCC(CC(=O)CCCCCNC(=O)C(CS)NC(=O)OCC1c2ccccc2-c2ccccc21)C(=O)O. The van der Waals surface area contributed by atoms with E-state index in [-0.39, 0.29) is 49.7 Å². The number of benzene rings is 2. The largest absolute Gasteiger partial charge is 0.481 e. The normalized spacial score (nSPS) is 13.4. The van der Waals surface area contributed by atoms with Crippen LogP contribution in [0.2, 0.25) is 0 Å². The summed E-state index contributed by atoms with van der Waals surface area (Å²) in [4.78, 5) is 59.1. The number of aliphatic carboxylic acids is 2. The minimum absolute atomic E-state index is 0.0805. The number of rotatable bonds is 17. The van der Waals surface area contributed by atoms with Crippen LogP contribution in [-0.4, -0.2) is 64.9 Å². The van der Waals surface area contributed by atoms with Gasteiger partial charge in [0.15, 0.2) is 0 Å². The minimum atomic E-state index is -1.17. The maximum Gasteiger partial charge on any atom is 0.407 e. The molecule has 2 amide bonds. The average Bonchev–Trinajstić information content (AvgIpc) is 3.27. The number of hydrogen-bond acceptors (Lipinski definition) is 7. The fourth-order valence-electron chi connectivity index (χ4n) is 4.92. The molecule has 220 valence electrons. The number of ether oxygens (including phenoxy) is 1. The van der Waals surface area contributed by atoms with Crippen molar-refractivity contribution in [3.8, 4) is 11.1 Å². The number of alkyl carbamates (subject to hydrolysis) is 1. The smallest absolute Gasteiger partial charge is 0.407 e. The van der Waals surface area contributed by atoms with Gasteiger partial charge in [0.05, 0.1) is 5.92 Å². The summed E-state index contributed by atoms with van der Waals surface area (Å²) < 4.78 is 5.51. The number of carboxylic acids is 2. The van der Waals surface area contributed by atoms with Gasteiger partial charge in [-0.15, -0.1) is 0 Å². The molecule has 41 heavy (non-hydrogen) atoms. The lowest BCUT2D eigenvalue weighted by Gasteiger charge is -2.18. The van der Waals surface area contributed by atoms with E-state index >= 15 is 0 Å². The molecule has 0 aromatic heterocycles. The summed E-state index contributed by atoms with van der Waals surface area (Å²) in [6, 6.07) is 15.1. The molecular formula is C30H36N2O8S. The van der Waals surface area contributed by atoms with Crippen LogP contribution < -0.4 is 10.6 Å². The third-order valence-corrected chi connectivity index (χ3v) is 7.46. The molecule has 11 heteroatoms. The molecule has 0 saturated heterocycles. The Morgan fingerprint density at radius 3 is 2.10 bits per heavy atom. The van der Waals surface area contributed by atoms with Gasteiger partial charge in [0.1, 0.15) is 18.4 Å². The molecule has 1 aliphatic carbocycles. The van der Waals surface area contributed by atoms with Crippen LogP contribution >= 0.6 is 12.6 Å². The first-order valence-electron chi connectivity index (χ1n) is 13.7. The molecule has 2 unspecified atom stereocenters. The first-order chi connectivity index (χ1) is 19.7. The van der Waals surface area contributed by atoms with Crippen LogP contribution in [0.15, 0.2) is 48.5 Å². The van der Waals surface area contributed by atoms with Crippen LogP contribution in [-0.2, 0) is 23.9 Å². The molecule has 2 aromatic rings. The third kappa shape index (κ3) is 9.34. The van der Waals surface area contributed by atoms with Crippen molar-refractivity contribution in [3.63, 3.8) is 0 Å². The molecule has 10 nitrogen and oxygen atoms in total. The second-order valence-corrected chi connectivity index (χ2v) is 10.4. The Morgan fingerprint density at radius 1 is 0.878 bits per heavy atom. The molecule has 0 bridgehead atoms. The zero-order valence-electron chi connectivity index (χ0n) is 22.7. The molecule has 2 aromatic carbocycles. The van der Waals surface area contributed by atoms with Gasteiger partial charge in [0, 0.05) is 37.5 Å². The number of hydrogen-bond donors (Lipinski definition) is 5. The molecule has 1 aliphatic rings. The predicted molar refractivity (Wildman–Crippen MR) is 155 cm³/mol. The first kappa shape index (κ1) is 31.7. The summed E-state index contributed by atoms with van der Waals surface area (Å²) in [5, 5.41) is 23.2. The molecule has 2 atom stereocenters. The van der Waals surface area contributed by atoms with Crippen LogP contribution in [0.4, 0.5) is 4.79 Å². The molecule has 0 aliphatic heterocycles. The molecular weight excluding hydrogens is 548 g/mol. The maximum atomic E-state index is 12.6. The molecule has 0 spiro atoms. The van der Waals surface area contributed by atoms with Gasteiger partial charge in [-0.3, -0.25) is 19.2 Å². The Kier molecular flexibility index (Phi) is 12.2. The lowest BCUT2D eigenvalue weighted by molar-refractivity contribution is -0.145. The topological polar surface area (TPSA) is 159 Å². The highest BCUT2D eigenvalue weighted by molar-refractivity contribution is 7.80. The zero-order chi connectivity index (χ0) is 29.8. The van der Waals surface area contributed by atoms with Crippen molar-refractivity contribution in [1.29, 1.82) is 0 Å². The minimum Gasteiger partial charge on any atom is -0.481 e. The van der Waals surface area contributed by atoms with Crippen molar-refractivity contribution in [2.24, 2.45) is 5.92 Å². The van der Waals surface area contributed by atoms with Crippen LogP contribution in [0.25, 0.3) is 11.1 Å². The zero-order valence-corrected chi connectivity index (χ0v) is 23.6. The number of fused-ring (bicyclic) bond motifs is 3. The fourth-order valence-corrected chi connectivity index (χ4v) is 5.18. The van der Waals surface area contributed by atoms with Gasteiger partial charge >= 0.3 is 18.0 Å². The third-order valence-electron chi connectivity index (χ3n) is 7.10. The number of carboxylic acid groups (broad SMARTS) is 2. The van der Waals surface area contributed by atoms with E-state index in [0.717, 1.165) is 22.3 Å². The Bertz CT molecular complexity index is 1210. The number of carbonyl (C=O) groups excluding carboxylic acids is 3. The van der Waals surface area contributed by atoms with Gasteiger partial charge in [0.25, 0.3) is 0 Å². The van der Waals surface area contributed by atoms with E-state index < -0.39 is 35.9 Å². The molecule has 0 saturated carbocycles. The number of thiol groups is 1. The number of unbranched alkanes of at least 4 members (excludes halogenated alkanes) is 2. The van der Waals surface area contributed by atoms with Gasteiger partial charge in [-0.1, -0.05) is 55.0 Å². The van der Waals surface area contributed by atoms with Gasteiger partial charge in [-0.05, 0) is 41.5 Å².